The monoisotopic (exact) mass is 278 g/mol. The van der Waals surface area contributed by atoms with Gasteiger partial charge in [-0.15, -0.1) is 0 Å². The Kier molecular flexibility index (Phi) is 4.26. The van der Waals surface area contributed by atoms with Crippen molar-refractivity contribution < 1.29 is 8.42 Å². The van der Waals surface area contributed by atoms with Crippen LogP contribution < -0.4 is 5.73 Å². The average molecular weight is 279 g/mol. The van der Waals surface area contributed by atoms with E-state index >= 15 is 0 Å². The Morgan fingerprint density at radius 1 is 1.50 bits per heavy atom. The summed E-state index contributed by atoms with van der Waals surface area (Å²) in [5.74, 6) is 0. The average Bonchev–Trinajstić information content (AvgIpc) is 2.16. The molecule has 0 aliphatic heterocycles. The number of hydrogen-bond donors (Lipinski definition) is 1. The fourth-order valence-electron chi connectivity index (χ4n) is 1.13. The van der Waals surface area contributed by atoms with E-state index in [0.717, 1.165) is 4.31 Å². The van der Waals surface area contributed by atoms with E-state index in [-0.39, 0.29) is 21.5 Å². The molecule has 0 aromatic heterocycles. The highest BCUT2D eigenvalue weighted by Crippen LogP contribution is 2.23. The molecule has 0 unspecified atom stereocenters. The van der Waals surface area contributed by atoms with Crippen LogP contribution in [0.1, 0.15) is 0 Å². The van der Waals surface area contributed by atoms with Crippen LogP contribution in [0, 0.1) is 0 Å². The Balaban J connectivity index is 3.12. The molecule has 1 aromatic carbocycles. The second-order valence-corrected chi connectivity index (χ2v) is 6.10. The normalized spacial score (nSPS) is 11.7. The number of rotatable bonds is 4. The zero-order valence-corrected chi connectivity index (χ0v) is 10.9. The van der Waals surface area contributed by atoms with Gasteiger partial charge in [-0.3, -0.25) is 0 Å². The van der Waals surface area contributed by atoms with Crippen LogP contribution in [0.4, 0.5) is 0 Å². The van der Waals surface area contributed by atoms with E-state index in [4.69, 9.17) is 17.3 Å². The van der Waals surface area contributed by atoms with Crippen molar-refractivity contribution in [2.75, 3.05) is 13.6 Å². The van der Waals surface area contributed by atoms with E-state index in [2.05, 4.69) is 12.2 Å². The fraction of sp³-hybridized carbons (Fsp3) is 0.222. The number of likely N-dealkylation sites (N-methyl/N-ethyl adjacent to an activating group) is 1. The van der Waals surface area contributed by atoms with Crippen LogP contribution in [0.3, 0.4) is 0 Å². The smallest absolute Gasteiger partial charge is 0.244 e. The molecule has 1 rings (SSSR count). The third kappa shape index (κ3) is 2.91. The van der Waals surface area contributed by atoms with Gasteiger partial charge < -0.3 is 5.73 Å². The van der Waals surface area contributed by atoms with Gasteiger partial charge in [0.15, 0.2) is 0 Å². The zero-order chi connectivity index (χ0) is 12.3. The van der Waals surface area contributed by atoms with E-state index in [9.17, 15) is 8.42 Å². The summed E-state index contributed by atoms with van der Waals surface area (Å²) < 4.78 is 25.1. The SMILES string of the molecule is CN(CC(N)=S)S(=O)(=O)c1ccccc1Cl. The Morgan fingerprint density at radius 2 is 2.06 bits per heavy atom. The van der Waals surface area contributed by atoms with Crippen molar-refractivity contribution >= 4 is 38.8 Å². The molecule has 0 saturated carbocycles. The third-order valence-electron chi connectivity index (χ3n) is 1.90. The van der Waals surface area contributed by atoms with Crippen LogP contribution in [0.25, 0.3) is 0 Å². The summed E-state index contributed by atoms with van der Waals surface area (Å²) >= 11 is 10.5. The van der Waals surface area contributed by atoms with Crippen molar-refractivity contribution in [2.45, 2.75) is 4.90 Å². The first-order valence-electron chi connectivity index (χ1n) is 4.35. The van der Waals surface area contributed by atoms with Gasteiger partial charge in [-0.2, -0.15) is 4.31 Å². The van der Waals surface area contributed by atoms with E-state index in [1.807, 2.05) is 0 Å². The van der Waals surface area contributed by atoms with Gasteiger partial charge in [0.2, 0.25) is 10.0 Å². The van der Waals surface area contributed by atoms with Crippen molar-refractivity contribution in [3.8, 4) is 0 Å². The molecule has 88 valence electrons. The molecule has 0 radical (unpaired) electrons. The zero-order valence-electron chi connectivity index (χ0n) is 8.55. The lowest BCUT2D eigenvalue weighted by molar-refractivity contribution is 0.506. The number of thiocarbonyl (C=S) groups is 1. The molecule has 0 heterocycles. The van der Waals surface area contributed by atoms with Gasteiger partial charge in [-0.25, -0.2) is 8.42 Å². The lowest BCUT2D eigenvalue weighted by Crippen LogP contribution is -2.34. The lowest BCUT2D eigenvalue weighted by Gasteiger charge is -2.16. The minimum Gasteiger partial charge on any atom is -0.392 e. The number of nitrogens with two attached hydrogens (primary N) is 1. The largest absolute Gasteiger partial charge is 0.392 e. The first kappa shape index (κ1) is 13.4. The Morgan fingerprint density at radius 3 is 2.56 bits per heavy atom. The van der Waals surface area contributed by atoms with Gasteiger partial charge >= 0.3 is 0 Å². The molecule has 16 heavy (non-hydrogen) atoms. The van der Waals surface area contributed by atoms with E-state index in [1.165, 1.54) is 19.2 Å². The second-order valence-electron chi connectivity index (χ2n) is 3.16. The summed E-state index contributed by atoms with van der Waals surface area (Å²) in [7, 11) is -2.23. The van der Waals surface area contributed by atoms with E-state index < -0.39 is 10.0 Å². The minimum atomic E-state index is -3.63. The van der Waals surface area contributed by atoms with Gasteiger partial charge in [0, 0.05) is 7.05 Å². The molecule has 4 nitrogen and oxygen atoms in total. The summed E-state index contributed by atoms with van der Waals surface area (Å²) in [5.41, 5.74) is 5.30. The Labute approximate surface area is 105 Å². The highest BCUT2D eigenvalue weighted by atomic mass is 35.5. The molecule has 0 bridgehead atoms. The molecule has 2 N–H and O–H groups in total. The Hall–Kier alpha value is -0.690. The second kappa shape index (κ2) is 5.09. The van der Waals surface area contributed by atoms with Crippen molar-refractivity contribution in [1.82, 2.24) is 4.31 Å². The predicted octanol–water partition coefficient (Wildman–Crippen LogP) is 1.25. The van der Waals surface area contributed by atoms with Crippen LogP contribution in [0.15, 0.2) is 29.2 Å². The Bertz CT molecular complexity index is 502. The quantitative estimate of drug-likeness (QED) is 0.842. The van der Waals surface area contributed by atoms with Gasteiger partial charge in [-0.1, -0.05) is 36.0 Å². The van der Waals surface area contributed by atoms with E-state index in [0.29, 0.717) is 0 Å². The van der Waals surface area contributed by atoms with Gasteiger partial charge in [-0.05, 0) is 12.1 Å². The standard InChI is InChI=1S/C9H11ClN2O2S2/c1-12(6-9(11)15)16(13,14)8-5-3-2-4-7(8)10/h2-5H,6H2,1H3,(H2,11,15). The van der Waals surface area contributed by atoms with Crippen LogP contribution in [0.5, 0.6) is 0 Å². The molecule has 0 fully saturated rings. The fourth-order valence-corrected chi connectivity index (χ4v) is 3.04. The van der Waals surface area contributed by atoms with Gasteiger partial charge in [0.25, 0.3) is 0 Å². The highest BCUT2D eigenvalue weighted by Gasteiger charge is 2.23. The lowest BCUT2D eigenvalue weighted by atomic mass is 10.4. The molecule has 0 amide bonds. The van der Waals surface area contributed by atoms with Crippen molar-refractivity contribution in [1.29, 1.82) is 0 Å². The summed E-state index contributed by atoms with van der Waals surface area (Å²) in [6.45, 7) is -0.0110. The summed E-state index contributed by atoms with van der Waals surface area (Å²) in [4.78, 5) is 0.161. The van der Waals surface area contributed by atoms with Gasteiger partial charge in [0.1, 0.15) is 4.90 Å². The van der Waals surface area contributed by atoms with Crippen molar-refractivity contribution in [3.05, 3.63) is 29.3 Å². The number of benzene rings is 1. The third-order valence-corrected chi connectivity index (χ3v) is 4.34. The van der Waals surface area contributed by atoms with Crippen molar-refractivity contribution in [2.24, 2.45) is 5.73 Å². The summed E-state index contributed by atoms with van der Waals surface area (Å²) in [6, 6.07) is 6.22. The van der Waals surface area contributed by atoms with Crippen LogP contribution in [-0.2, 0) is 10.0 Å². The molecule has 1 aromatic rings. The molecule has 0 aliphatic carbocycles. The molecule has 0 saturated heterocycles. The number of halogens is 1. The molecule has 0 spiro atoms. The molecular formula is C9H11ClN2O2S2. The maximum atomic E-state index is 12.0. The molecule has 0 aliphatic rings. The first-order chi connectivity index (χ1) is 7.35. The van der Waals surface area contributed by atoms with Crippen LogP contribution in [-0.4, -0.2) is 31.3 Å². The topological polar surface area (TPSA) is 63.4 Å². The number of nitrogens with zero attached hydrogens (tertiary/aromatic N) is 1. The molecular weight excluding hydrogens is 268 g/mol. The van der Waals surface area contributed by atoms with Crippen molar-refractivity contribution in [3.63, 3.8) is 0 Å². The molecule has 7 heteroatoms. The molecule has 0 atom stereocenters. The van der Waals surface area contributed by atoms with Crippen LogP contribution in [0.2, 0.25) is 5.02 Å². The highest BCUT2D eigenvalue weighted by molar-refractivity contribution is 7.89. The summed E-state index contributed by atoms with van der Waals surface area (Å²) in [6.07, 6.45) is 0. The maximum absolute atomic E-state index is 12.0. The minimum absolute atomic E-state index is 0.0110. The predicted molar refractivity (Wildman–Crippen MR) is 68.1 cm³/mol. The maximum Gasteiger partial charge on any atom is 0.244 e. The number of hydrogen-bond acceptors (Lipinski definition) is 3. The van der Waals surface area contributed by atoms with E-state index in [1.54, 1.807) is 12.1 Å². The summed E-state index contributed by atoms with van der Waals surface area (Å²) in [5, 5.41) is 0.178. The first-order valence-corrected chi connectivity index (χ1v) is 6.57. The number of sulfonamides is 1. The van der Waals surface area contributed by atoms with Gasteiger partial charge in [0.05, 0.1) is 16.6 Å². The van der Waals surface area contributed by atoms with Crippen LogP contribution >= 0.6 is 23.8 Å².